The molecule has 3 aliphatic rings. The Morgan fingerprint density at radius 3 is 3.05 bits per heavy atom. The van der Waals surface area contributed by atoms with E-state index in [0.717, 1.165) is 6.54 Å². The van der Waals surface area contributed by atoms with Gasteiger partial charge in [0, 0.05) is 13.7 Å². The topological polar surface area (TPSA) is 54.5 Å². The summed E-state index contributed by atoms with van der Waals surface area (Å²) in [4.78, 5) is 18.4. The van der Waals surface area contributed by atoms with Crippen LogP contribution >= 0.6 is 0 Å². The van der Waals surface area contributed by atoms with Crippen LogP contribution in [0.1, 0.15) is 18.5 Å². The van der Waals surface area contributed by atoms with Crippen LogP contribution in [0.4, 0.5) is 9.18 Å². The summed E-state index contributed by atoms with van der Waals surface area (Å²) in [7, 11) is 1.75. The van der Waals surface area contributed by atoms with Crippen LogP contribution in [0.3, 0.4) is 0 Å². The molecule has 0 radical (unpaired) electrons. The molecule has 5 unspecified atom stereocenters. The number of ether oxygens (including phenoxy) is 1. The smallest absolute Gasteiger partial charge is 0.318 e. The minimum absolute atomic E-state index is 0.0618. The summed E-state index contributed by atoms with van der Waals surface area (Å²) in [5, 5.41) is 2.90. The first-order valence-corrected chi connectivity index (χ1v) is 7.85. The first-order chi connectivity index (χ1) is 10.7. The number of urea groups is 1. The van der Waals surface area contributed by atoms with Gasteiger partial charge in [-0.2, -0.15) is 0 Å². The van der Waals surface area contributed by atoms with E-state index in [-0.39, 0.29) is 24.0 Å². The highest BCUT2D eigenvalue weighted by atomic mass is 19.1. The molecular weight excluding hydrogens is 285 g/mol. The van der Waals surface area contributed by atoms with Gasteiger partial charge in [-0.25, -0.2) is 9.18 Å². The minimum Gasteiger partial charge on any atom is -0.379 e. The van der Waals surface area contributed by atoms with Gasteiger partial charge < -0.3 is 15.0 Å². The number of pyridine rings is 1. The summed E-state index contributed by atoms with van der Waals surface area (Å²) in [6.07, 6.45) is 3.72. The molecule has 118 valence electrons. The second-order valence-corrected chi connectivity index (χ2v) is 6.63. The van der Waals surface area contributed by atoms with E-state index in [1.54, 1.807) is 13.2 Å². The molecule has 6 heteroatoms. The molecule has 22 heavy (non-hydrogen) atoms. The van der Waals surface area contributed by atoms with Gasteiger partial charge in [0.25, 0.3) is 0 Å². The van der Waals surface area contributed by atoms with E-state index >= 15 is 0 Å². The molecule has 2 amide bonds. The number of carbonyl (C=O) groups is 1. The summed E-state index contributed by atoms with van der Waals surface area (Å²) in [5.41, 5.74) is 0.657. The number of rotatable bonds is 3. The first kappa shape index (κ1) is 13.9. The van der Waals surface area contributed by atoms with E-state index in [0.29, 0.717) is 30.0 Å². The SMILES string of the molecule is COC1C2CC3CN(C(=O)NCc4ccc(F)cn4)C1C3C2. The zero-order valence-corrected chi connectivity index (χ0v) is 12.5. The van der Waals surface area contributed by atoms with E-state index in [1.807, 2.05) is 4.90 Å². The lowest BCUT2D eigenvalue weighted by Gasteiger charge is -2.31. The average molecular weight is 305 g/mol. The molecule has 5 nitrogen and oxygen atoms in total. The number of hydrogen-bond donors (Lipinski definition) is 1. The van der Waals surface area contributed by atoms with Gasteiger partial charge in [0.2, 0.25) is 0 Å². The molecule has 1 aromatic heterocycles. The van der Waals surface area contributed by atoms with Crippen LogP contribution in [0.15, 0.2) is 18.3 Å². The number of carbonyl (C=O) groups excluding carboxylic acids is 1. The zero-order valence-electron chi connectivity index (χ0n) is 12.5. The Balaban J connectivity index is 1.42. The molecule has 3 fully saturated rings. The second kappa shape index (κ2) is 5.19. The van der Waals surface area contributed by atoms with E-state index in [9.17, 15) is 9.18 Å². The number of methoxy groups -OCH3 is 1. The summed E-state index contributed by atoms with van der Waals surface area (Å²) in [6.45, 7) is 1.15. The normalized spacial score (nSPS) is 35.2. The van der Waals surface area contributed by atoms with Crippen molar-refractivity contribution in [2.75, 3.05) is 13.7 Å². The maximum absolute atomic E-state index is 12.8. The minimum atomic E-state index is -0.369. The van der Waals surface area contributed by atoms with Crippen molar-refractivity contribution in [2.45, 2.75) is 31.5 Å². The number of nitrogens with one attached hydrogen (secondary N) is 1. The Hall–Kier alpha value is -1.69. The number of aromatic nitrogens is 1. The summed E-state index contributed by atoms with van der Waals surface area (Å²) < 4.78 is 18.5. The fourth-order valence-electron chi connectivity index (χ4n) is 4.73. The number of halogens is 1. The van der Waals surface area contributed by atoms with Crippen LogP contribution in [0.25, 0.3) is 0 Å². The molecule has 0 aromatic carbocycles. The van der Waals surface area contributed by atoms with Crippen molar-refractivity contribution in [1.29, 1.82) is 0 Å². The number of amides is 2. The number of nitrogens with zero attached hydrogens (tertiary/aromatic N) is 2. The molecule has 2 aliphatic carbocycles. The van der Waals surface area contributed by atoms with Gasteiger partial charge >= 0.3 is 6.03 Å². The molecular formula is C16H20FN3O2. The Bertz CT molecular complexity index is 577. The molecule has 2 bridgehead atoms. The molecule has 2 heterocycles. The average Bonchev–Trinajstić information content (AvgIpc) is 3.13. The van der Waals surface area contributed by atoms with E-state index in [1.165, 1.54) is 25.1 Å². The van der Waals surface area contributed by atoms with Crippen molar-refractivity contribution in [1.82, 2.24) is 15.2 Å². The van der Waals surface area contributed by atoms with Crippen molar-refractivity contribution in [3.63, 3.8) is 0 Å². The lowest BCUT2D eigenvalue weighted by atomic mass is 9.88. The molecule has 5 atom stereocenters. The van der Waals surface area contributed by atoms with Gasteiger partial charge in [0.15, 0.2) is 0 Å². The summed E-state index contributed by atoms with van der Waals surface area (Å²) >= 11 is 0. The zero-order chi connectivity index (χ0) is 15.3. The van der Waals surface area contributed by atoms with Crippen LogP contribution in [0.2, 0.25) is 0 Å². The van der Waals surface area contributed by atoms with Crippen molar-refractivity contribution in [3.8, 4) is 0 Å². The molecule has 1 aliphatic heterocycles. The van der Waals surface area contributed by atoms with E-state index < -0.39 is 0 Å². The van der Waals surface area contributed by atoms with Gasteiger partial charge in [-0.1, -0.05) is 0 Å². The van der Waals surface area contributed by atoms with Crippen molar-refractivity contribution >= 4 is 6.03 Å². The maximum Gasteiger partial charge on any atom is 0.318 e. The third-order valence-corrected chi connectivity index (χ3v) is 5.56. The Labute approximate surface area is 128 Å². The molecule has 2 saturated carbocycles. The molecule has 0 spiro atoms. The monoisotopic (exact) mass is 305 g/mol. The van der Waals surface area contributed by atoms with Crippen LogP contribution in [0, 0.1) is 23.6 Å². The predicted octanol–water partition coefficient (Wildman–Crippen LogP) is 1.79. The third kappa shape index (κ3) is 2.08. The fraction of sp³-hybridized carbons (Fsp3) is 0.625. The largest absolute Gasteiger partial charge is 0.379 e. The van der Waals surface area contributed by atoms with Gasteiger partial charge in [-0.3, -0.25) is 4.98 Å². The van der Waals surface area contributed by atoms with Crippen LogP contribution in [0.5, 0.6) is 0 Å². The van der Waals surface area contributed by atoms with Crippen molar-refractivity contribution in [3.05, 3.63) is 29.8 Å². The summed E-state index contributed by atoms with van der Waals surface area (Å²) in [6, 6.07) is 3.10. The lowest BCUT2D eigenvalue weighted by molar-refractivity contribution is 0.0189. The predicted molar refractivity (Wildman–Crippen MR) is 77.4 cm³/mol. The highest BCUT2D eigenvalue weighted by molar-refractivity contribution is 5.75. The van der Waals surface area contributed by atoms with Crippen LogP contribution < -0.4 is 5.32 Å². The van der Waals surface area contributed by atoms with Gasteiger partial charge in [0.05, 0.1) is 30.6 Å². The third-order valence-electron chi connectivity index (χ3n) is 5.56. The maximum atomic E-state index is 12.8. The fourth-order valence-corrected chi connectivity index (χ4v) is 4.73. The first-order valence-electron chi connectivity index (χ1n) is 7.85. The number of fused-ring (bicyclic) bond motifs is 1. The van der Waals surface area contributed by atoms with Gasteiger partial charge in [0.1, 0.15) is 5.82 Å². The highest BCUT2D eigenvalue weighted by Crippen LogP contribution is 2.55. The molecule has 1 aromatic rings. The molecule has 4 rings (SSSR count). The lowest BCUT2D eigenvalue weighted by Crippen LogP contribution is -2.48. The van der Waals surface area contributed by atoms with Crippen LogP contribution in [-0.2, 0) is 11.3 Å². The van der Waals surface area contributed by atoms with E-state index in [4.69, 9.17) is 4.74 Å². The summed E-state index contributed by atoms with van der Waals surface area (Å²) in [5.74, 6) is 1.48. The molecule has 1 N–H and O–H groups in total. The second-order valence-electron chi connectivity index (χ2n) is 6.63. The number of hydrogen-bond acceptors (Lipinski definition) is 3. The molecule has 1 saturated heterocycles. The van der Waals surface area contributed by atoms with Gasteiger partial charge in [-0.05, 0) is 42.7 Å². The van der Waals surface area contributed by atoms with Crippen molar-refractivity contribution in [2.24, 2.45) is 17.8 Å². The van der Waals surface area contributed by atoms with Crippen molar-refractivity contribution < 1.29 is 13.9 Å². The quantitative estimate of drug-likeness (QED) is 0.926. The Kier molecular flexibility index (Phi) is 3.29. The Morgan fingerprint density at radius 2 is 2.32 bits per heavy atom. The number of likely N-dealkylation sites (tertiary alicyclic amines) is 1. The standard InChI is InChI=1S/C16H20FN3O2/c1-22-15-9-4-10-8-20(14(15)13(10)5-9)16(21)19-7-12-3-2-11(17)6-18-12/h2-3,6,9-10,13-15H,4-5,7-8H2,1H3,(H,19,21). The highest BCUT2D eigenvalue weighted by Gasteiger charge is 2.60. The Morgan fingerprint density at radius 1 is 1.45 bits per heavy atom. The van der Waals surface area contributed by atoms with E-state index in [2.05, 4.69) is 10.3 Å². The van der Waals surface area contributed by atoms with Gasteiger partial charge in [-0.15, -0.1) is 0 Å². The van der Waals surface area contributed by atoms with Crippen LogP contribution in [-0.4, -0.2) is 41.7 Å².